The molecule has 3 heteroatoms. The highest BCUT2D eigenvalue weighted by Gasteiger charge is 1.98. The molecular weight excluding hydrogens is 239 g/mol. The van der Waals surface area contributed by atoms with Crippen molar-refractivity contribution in [3.05, 3.63) is 36.1 Å². The summed E-state index contributed by atoms with van der Waals surface area (Å²) in [4.78, 5) is 0. The fraction of sp³-hybridized carbons (Fsp3) is 0. The summed E-state index contributed by atoms with van der Waals surface area (Å²) in [5.41, 5.74) is 1.46. The van der Waals surface area contributed by atoms with Crippen LogP contribution in [-0.4, -0.2) is 5.71 Å². The molecule has 0 aromatic carbocycles. The first-order valence-corrected chi connectivity index (χ1v) is 3.92. The van der Waals surface area contributed by atoms with Crippen LogP contribution < -0.4 is 3.53 Å². The van der Waals surface area contributed by atoms with Crippen LogP contribution in [0.4, 0.5) is 0 Å². The Labute approximate surface area is 73.7 Å². The van der Waals surface area contributed by atoms with E-state index in [4.69, 9.17) is 5.41 Å². The number of allylic oxidation sites excluding steroid dienone is 5. The molecule has 0 radical (unpaired) electrons. The normalized spacial score (nSPS) is 20.1. The summed E-state index contributed by atoms with van der Waals surface area (Å²) in [7, 11) is 0. The van der Waals surface area contributed by atoms with Gasteiger partial charge in [0.1, 0.15) is 0 Å². The van der Waals surface area contributed by atoms with E-state index in [1.165, 1.54) is 0 Å². The molecule has 1 aliphatic rings. The van der Waals surface area contributed by atoms with Gasteiger partial charge in [-0.3, -0.25) is 0 Å². The molecule has 2 N–H and O–H groups in total. The average molecular weight is 246 g/mol. The van der Waals surface area contributed by atoms with Crippen LogP contribution in [0.15, 0.2) is 36.1 Å². The maximum absolute atomic E-state index is 7.40. The Morgan fingerprint density at radius 1 is 1.40 bits per heavy atom. The van der Waals surface area contributed by atoms with Crippen LogP contribution >= 0.6 is 22.9 Å². The molecule has 1 rings (SSSR count). The minimum Gasteiger partial charge on any atom is -0.334 e. The molecule has 0 aromatic rings. The quantitative estimate of drug-likeness (QED) is 0.538. The second-order valence-corrected chi connectivity index (χ2v) is 2.46. The monoisotopic (exact) mass is 246 g/mol. The lowest BCUT2D eigenvalue weighted by Gasteiger charge is -2.01. The van der Waals surface area contributed by atoms with Gasteiger partial charge < -0.3 is 8.94 Å². The molecule has 0 saturated heterocycles. The van der Waals surface area contributed by atoms with E-state index in [1.807, 2.05) is 41.1 Å². The zero-order chi connectivity index (χ0) is 7.40. The molecule has 0 atom stereocenters. The topological polar surface area (TPSA) is 35.9 Å². The van der Waals surface area contributed by atoms with Gasteiger partial charge >= 0.3 is 0 Å². The summed E-state index contributed by atoms with van der Waals surface area (Å²) in [5, 5.41) is 7.40. The summed E-state index contributed by atoms with van der Waals surface area (Å²) < 4.78 is 2.85. The summed E-state index contributed by atoms with van der Waals surface area (Å²) in [6, 6.07) is 0. The highest BCUT2D eigenvalue weighted by molar-refractivity contribution is 14.1. The molecule has 52 valence electrons. The molecule has 0 spiro atoms. The molecule has 0 amide bonds. The summed E-state index contributed by atoms with van der Waals surface area (Å²) in [6.07, 6.45) is 9.22. The Kier molecular flexibility index (Phi) is 2.68. The first kappa shape index (κ1) is 7.53. The molecule has 10 heavy (non-hydrogen) atoms. The van der Waals surface area contributed by atoms with Crippen molar-refractivity contribution >= 4 is 28.6 Å². The van der Waals surface area contributed by atoms with Crippen LogP contribution in [-0.2, 0) is 0 Å². The second-order valence-electron chi connectivity index (χ2n) is 1.84. The van der Waals surface area contributed by atoms with E-state index < -0.39 is 0 Å². The minimum atomic E-state index is 0.548. The smallest absolute Gasteiger partial charge is 0.0626 e. The molecule has 0 fully saturated rings. The summed E-state index contributed by atoms with van der Waals surface area (Å²) in [6.45, 7) is 0. The molecular formula is C7H7IN2. The number of hydrogen-bond donors (Lipinski definition) is 2. The highest BCUT2D eigenvalue weighted by atomic mass is 127. The molecule has 0 unspecified atom stereocenters. The van der Waals surface area contributed by atoms with Crippen molar-refractivity contribution in [1.82, 2.24) is 3.53 Å². The van der Waals surface area contributed by atoms with Crippen LogP contribution in [0.1, 0.15) is 0 Å². The zero-order valence-electron chi connectivity index (χ0n) is 5.26. The fourth-order valence-corrected chi connectivity index (χ4v) is 1.02. The average Bonchev–Trinajstić information content (AvgIpc) is 1.94. The molecule has 0 saturated carbocycles. The van der Waals surface area contributed by atoms with Crippen LogP contribution in [0.5, 0.6) is 0 Å². The number of rotatable bonds is 1. The molecule has 0 heterocycles. The largest absolute Gasteiger partial charge is 0.334 e. The molecule has 0 aromatic heterocycles. The predicted molar refractivity (Wildman–Crippen MR) is 51.2 cm³/mol. The number of hydrogen-bond acceptors (Lipinski definition) is 2. The standard InChI is InChI=1S/C7H7IN2/c8-10-5-6-3-1-2-4-7(6)9/h1-5,9-10H/b6-5-,9-7?. The SMILES string of the molecule is N=C1C=CC=C/C1=C/NI. The van der Waals surface area contributed by atoms with Crippen LogP contribution in [0, 0.1) is 5.41 Å². The van der Waals surface area contributed by atoms with E-state index in [1.54, 1.807) is 12.3 Å². The van der Waals surface area contributed by atoms with Crippen molar-refractivity contribution in [2.24, 2.45) is 0 Å². The van der Waals surface area contributed by atoms with Crippen molar-refractivity contribution in [2.45, 2.75) is 0 Å². The Bertz CT molecular complexity index is 226. The summed E-state index contributed by atoms with van der Waals surface area (Å²) >= 11 is 2.02. The Hall–Kier alpha value is -0.580. The third kappa shape index (κ3) is 1.70. The molecule has 0 bridgehead atoms. The first-order chi connectivity index (χ1) is 4.84. The van der Waals surface area contributed by atoms with Crippen LogP contribution in [0.25, 0.3) is 0 Å². The highest BCUT2D eigenvalue weighted by Crippen LogP contribution is 2.05. The van der Waals surface area contributed by atoms with Gasteiger partial charge in [0.15, 0.2) is 0 Å². The van der Waals surface area contributed by atoms with Crippen molar-refractivity contribution in [3.63, 3.8) is 0 Å². The zero-order valence-corrected chi connectivity index (χ0v) is 7.42. The Morgan fingerprint density at radius 2 is 2.10 bits per heavy atom. The predicted octanol–water partition coefficient (Wildman–Crippen LogP) is 1.96. The lowest BCUT2D eigenvalue weighted by atomic mass is 10.1. The fourth-order valence-electron chi connectivity index (χ4n) is 0.682. The maximum atomic E-state index is 7.40. The van der Waals surface area contributed by atoms with E-state index in [9.17, 15) is 0 Å². The molecule has 1 aliphatic carbocycles. The Balaban J connectivity index is 2.80. The van der Waals surface area contributed by atoms with Crippen LogP contribution in [0.3, 0.4) is 0 Å². The first-order valence-electron chi connectivity index (χ1n) is 2.84. The Morgan fingerprint density at radius 3 is 2.70 bits per heavy atom. The molecule has 2 nitrogen and oxygen atoms in total. The van der Waals surface area contributed by atoms with E-state index in [-0.39, 0.29) is 0 Å². The van der Waals surface area contributed by atoms with E-state index in [0.29, 0.717) is 5.71 Å². The second kappa shape index (κ2) is 3.55. The minimum absolute atomic E-state index is 0.548. The van der Waals surface area contributed by atoms with Crippen LogP contribution in [0.2, 0.25) is 0 Å². The number of halogens is 1. The number of nitrogens with one attached hydrogen (secondary N) is 2. The third-order valence-corrected chi connectivity index (χ3v) is 1.48. The lowest BCUT2D eigenvalue weighted by Crippen LogP contribution is -2.00. The van der Waals surface area contributed by atoms with Gasteiger partial charge in [0, 0.05) is 11.8 Å². The van der Waals surface area contributed by atoms with Gasteiger partial charge in [-0.2, -0.15) is 0 Å². The van der Waals surface area contributed by atoms with E-state index >= 15 is 0 Å². The van der Waals surface area contributed by atoms with Gasteiger partial charge in [-0.15, -0.1) is 0 Å². The van der Waals surface area contributed by atoms with Gasteiger partial charge in [-0.05, 0) is 6.08 Å². The lowest BCUT2D eigenvalue weighted by molar-refractivity contribution is 1.42. The molecule has 0 aliphatic heterocycles. The third-order valence-electron chi connectivity index (χ3n) is 1.17. The van der Waals surface area contributed by atoms with Crippen molar-refractivity contribution in [2.75, 3.05) is 0 Å². The van der Waals surface area contributed by atoms with E-state index in [0.717, 1.165) is 5.57 Å². The van der Waals surface area contributed by atoms with Gasteiger partial charge in [-0.25, -0.2) is 0 Å². The van der Waals surface area contributed by atoms with E-state index in [2.05, 4.69) is 3.53 Å². The van der Waals surface area contributed by atoms with Crippen molar-refractivity contribution < 1.29 is 0 Å². The van der Waals surface area contributed by atoms with Crippen molar-refractivity contribution in [3.8, 4) is 0 Å². The maximum Gasteiger partial charge on any atom is 0.0626 e. The van der Waals surface area contributed by atoms with Gasteiger partial charge in [0.2, 0.25) is 0 Å². The van der Waals surface area contributed by atoms with Gasteiger partial charge in [-0.1, -0.05) is 18.2 Å². The van der Waals surface area contributed by atoms with Gasteiger partial charge in [0.05, 0.1) is 28.6 Å². The summed E-state index contributed by atoms with van der Waals surface area (Å²) in [5.74, 6) is 0. The van der Waals surface area contributed by atoms with Gasteiger partial charge in [0.25, 0.3) is 0 Å². The van der Waals surface area contributed by atoms with Crippen molar-refractivity contribution in [1.29, 1.82) is 5.41 Å².